The predicted octanol–water partition coefficient (Wildman–Crippen LogP) is 3.16. The molecular weight excluding hydrogens is 248 g/mol. The number of anilines is 2. The van der Waals surface area contributed by atoms with Gasteiger partial charge >= 0.3 is 0 Å². The number of rotatable bonds is 3. The van der Waals surface area contributed by atoms with Crippen molar-refractivity contribution in [2.75, 3.05) is 10.9 Å². The maximum Gasteiger partial charge on any atom is 0.0543 e. The Kier molecular flexibility index (Phi) is 3.97. The number of nitrogen functional groups attached to an aromatic ring is 2. The smallest absolute Gasteiger partial charge is 0.0543 e. The first-order valence-corrected chi connectivity index (χ1v) is 6.64. The Balaban J connectivity index is 2.58. The van der Waals surface area contributed by atoms with Gasteiger partial charge in [0, 0.05) is 0 Å². The molecule has 0 aliphatic rings. The topological polar surface area (TPSA) is 76.1 Å². The molecule has 0 aromatic heterocycles. The van der Waals surface area contributed by atoms with E-state index < -0.39 is 0 Å². The Bertz CT molecular complexity index is 543. The van der Waals surface area contributed by atoms with E-state index in [0.717, 1.165) is 33.6 Å². The van der Waals surface area contributed by atoms with Crippen LogP contribution in [0.15, 0.2) is 24.3 Å². The maximum atomic E-state index is 5.55. The lowest BCUT2D eigenvalue weighted by molar-refractivity contribution is 1.26. The molecule has 2 rings (SSSR count). The zero-order valence-corrected chi connectivity index (χ0v) is 12.5. The maximum absolute atomic E-state index is 5.55. The molecule has 106 valence electrons. The lowest BCUT2D eigenvalue weighted by atomic mass is 9.95. The van der Waals surface area contributed by atoms with Gasteiger partial charge in [-0.3, -0.25) is 11.7 Å². The van der Waals surface area contributed by atoms with Gasteiger partial charge < -0.3 is 10.9 Å². The van der Waals surface area contributed by atoms with Crippen LogP contribution in [0.1, 0.15) is 22.3 Å². The number of hydrogen-bond acceptors (Lipinski definition) is 4. The highest BCUT2D eigenvalue weighted by atomic mass is 15.2. The number of nitrogens with one attached hydrogen (secondary N) is 2. The van der Waals surface area contributed by atoms with Crippen LogP contribution >= 0.6 is 0 Å². The third-order valence-corrected chi connectivity index (χ3v) is 3.69. The summed E-state index contributed by atoms with van der Waals surface area (Å²) in [7, 11) is 0. The summed E-state index contributed by atoms with van der Waals surface area (Å²) in [6.07, 6.45) is 0. The van der Waals surface area contributed by atoms with Gasteiger partial charge in [-0.05, 0) is 85.3 Å². The summed E-state index contributed by atoms with van der Waals surface area (Å²) in [5, 5.41) is 0. The molecule has 0 saturated heterocycles. The van der Waals surface area contributed by atoms with E-state index in [1.807, 2.05) is 0 Å². The summed E-state index contributed by atoms with van der Waals surface area (Å²) in [4.78, 5) is 0. The van der Waals surface area contributed by atoms with Crippen molar-refractivity contribution in [3.05, 3.63) is 46.5 Å². The van der Waals surface area contributed by atoms with Gasteiger partial charge in [-0.25, -0.2) is 0 Å². The van der Waals surface area contributed by atoms with Crippen LogP contribution in [0.25, 0.3) is 11.1 Å². The molecule has 2 aromatic carbocycles. The Hall–Kier alpha value is -2.04. The Morgan fingerprint density at radius 3 is 1.05 bits per heavy atom. The van der Waals surface area contributed by atoms with E-state index in [2.05, 4.69) is 62.8 Å². The molecular formula is C16H22N4. The van der Waals surface area contributed by atoms with Crippen LogP contribution < -0.4 is 22.5 Å². The van der Waals surface area contributed by atoms with Crippen LogP contribution in [-0.2, 0) is 0 Å². The highest BCUT2D eigenvalue weighted by molar-refractivity contribution is 5.74. The molecule has 0 unspecified atom stereocenters. The molecule has 0 atom stereocenters. The fourth-order valence-electron chi connectivity index (χ4n) is 2.72. The van der Waals surface area contributed by atoms with Gasteiger partial charge in [0.05, 0.1) is 11.4 Å². The molecule has 0 radical (unpaired) electrons. The first kappa shape index (κ1) is 14.4. The second kappa shape index (κ2) is 5.53. The number of benzene rings is 2. The molecule has 0 bridgehead atoms. The van der Waals surface area contributed by atoms with E-state index in [1.165, 1.54) is 11.1 Å². The fourth-order valence-corrected chi connectivity index (χ4v) is 2.72. The zero-order chi connectivity index (χ0) is 14.9. The summed E-state index contributed by atoms with van der Waals surface area (Å²) in [5.41, 5.74) is 14.4. The first-order valence-electron chi connectivity index (χ1n) is 6.64. The molecule has 2 aromatic rings. The van der Waals surface area contributed by atoms with Crippen molar-refractivity contribution in [3.63, 3.8) is 0 Å². The van der Waals surface area contributed by atoms with Gasteiger partial charge in [0.15, 0.2) is 0 Å². The van der Waals surface area contributed by atoms with E-state index in [0.29, 0.717) is 0 Å². The fraction of sp³-hybridized carbons (Fsp3) is 0.250. The van der Waals surface area contributed by atoms with Crippen molar-refractivity contribution in [2.24, 2.45) is 11.7 Å². The molecule has 6 N–H and O–H groups in total. The third-order valence-electron chi connectivity index (χ3n) is 3.69. The molecule has 0 heterocycles. The highest BCUT2D eigenvalue weighted by Gasteiger charge is 2.09. The lowest BCUT2D eigenvalue weighted by Crippen LogP contribution is -2.10. The van der Waals surface area contributed by atoms with Crippen LogP contribution in [0.5, 0.6) is 0 Å². The van der Waals surface area contributed by atoms with E-state index in [4.69, 9.17) is 11.7 Å². The molecule has 0 fully saturated rings. The van der Waals surface area contributed by atoms with Crippen LogP contribution in [0, 0.1) is 27.7 Å². The Labute approximate surface area is 120 Å². The first-order chi connectivity index (χ1) is 9.47. The SMILES string of the molecule is Cc1cc(-c2cc(C)c(NN)c(C)c2)cc(C)c1NN. The van der Waals surface area contributed by atoms with Gasteiger partial charge in [0.2, 0.25) is 0 Å². The quantitative estimate of drug-likeness (QED) is 0.510. The van der Waals surface area contributed by atoms with E-state index >= 15 is 0 Å². The molecule has 4 heteroatoms. The average Bonchev–Trinajstić information content (AvgIpc) is 2.37. The number of nitrogens with two attached hydrogens (primary N) is 2. The second-order valence-electron chi connectivity index (χ2n) is 5.26. The van der Waals surface area contributed by atoms with E-state index in [1.54, 1.807) is 0 Å². The van der Waals surface area contributed by atoms with Crippen molar-refractivity contribution in [1.29, 1.82) is 0 Å². The Morgan fingerprint density at radius 2 is 0.850 bits per heavy atom. The molecule has 20 heavy (non-hydrogen) atoms. The number of hydrogen-bond donors (Lipinski definition) is 4. The summed E-state index contributed by atoms with van der Waals surface area (Å²) >= 11 is 0. The molecule has 0 spiro atoms. The predicted molar refractivity (Wildman–Crippen MR) is 86.4 cm³/mol. The molecule has 0 amide bonds. The normalized spacial score (nSPS) is 10.5. The van der Waals surface area contributed by atoms with Gasteiger partial charge in [-0.15, -0.1) is 0 Å². The number of hydrazine groups is 2. The average molecular weight is 270 g/mol. The minimum Gasteiger partial charge on any atom is -0.324 e. The minimum atomic E-state index is 0.988. The monoisotopic (exact) mass is 270 g/mol. The Morgan fingerprint density at radius 1 is 0.600 bits per heavy atom. The molecule has 0 aliphatic carbocycles. The highest BCUT2D eigenvalue weighted by Crippen LogP contribution is 2.31. The summed E-state index contributed by atoms with van der Waals surface area (Å²) in [6, 6.07) is 8.58. The van der Waals surface area contributed by atoms with Crippen molar-refractivity contribution in [2.45, 2.75) is 27.7 Å². The van der Waals surface area contributed by atoms with E-state index in [-0.39, 0.29) is 0 Å². The number of aryl methyl sites for hydroxylation is 4. The van der Waals surface area contributed by atoms with Crippen molar-refractivity contribution < 1.29 is 0 Å². The lowest BCUT2D eigenvalue weighted by Gasteiger charge is -2.15. The van der Waals surface area contributed by atoms with Crippen LogP contribution in [0.3, 0.4) is 0 Å². The summed E-state index contributed by atoms with van der Waals surface area (Å²) in [5.74, 6) is 11.1. The molecule has 0 saturated carbocycles. The molecule has 0 aliphatic heterocycles. The van der Waals surface area contributed by atoms with Crippen LogP contribution in [0.2, 0.25) is 0 Å². The zero-order valence-electron chi connectivity index (χ0n) is 12.5. The van der Waals surface area contributed by atoms with Gasteiger partial charge in [-0.2, -0.15) is 0 Å². The van der Waals surface area contributed by atoms with E-state index in [9.17, 15) is 0 Å². The van der Waals surface area contributed by atoms with Crippen molar-refractivity contribution in [1.82, 2.24) is 0 Å². The third kappa shape index (κ3) is 2.48. The molecule has 4 nitrogen and oxygen atoms in total. The summed E-state index contributed by atoms with van der Waals surface area (Å²) in [6.45, 7) is 8.23. The second-order valence-corrected chi connectivity index (χ2v) is 5.26. The largest absolute Gasteiger partial charge is 0.324 e. The standard InChI is InChI=1S/C16H22N4/c1-9-5-13(6-10(2)15(9)19-17)14-7-11(3)16(20-18)12(4)8-14/h5-8,19-20H,17-18H2,1-4H3. The van der Waals surface area contributed by atoms with Crippen molar-refractivity contribution in [3.8, 4) is 11.1 Å². The minimum absolute atomic E-state index is 0.988. The van der Waals surface area contributed by atoms with Gasteiger partial charge in [0.1, 0.15) is 0 Å². The summed E-state index contributed by atoms with van der Waals surface area (Å²) < 4.78 is 0. The van der Waals surface area contributed by atoms with Crippen LogP contribution in [0.4, 0.5) is 11.4 Å². The van der Waals surface area contributed by atoms with Gasteiger partial charge in [0.25, 0.3) is 0 Å². The van der Waals surface area contributed by atoms with Gasteiger partial charge in [-0.1, -0.05) is 0 Å². The van der Waals surface area contributed by atoms with Crippen LogP contribution in [-0.4, -0.2) is 0 Å². The van der Waals surface area contributed by atoms with Crippen molar-refractivity contribution >= 4 is 11.4 Å².